The number of hydrogen-bond donors (Lipinski definition) is 2. The molecule has 0 bridgehead atoms. The van der Waals surface area contributed by atoms with Crippen LogP contribution >= 0.6 is 8.60 Å². The van der Waals surface area contributed by atoms with Gasteiger partial charge in [-0.1, -0.05) is 13.3 Å². The molecule has 0 spiro atoms. The normalized spacial score (nSPS) is 25.5. The van der Waals surface area contributed by atoms with Crippen LogP contribution in [0.2, 0.25) is 0 Å². The number of nitrogens with zero attached hydrogens (tertiary/aromatic N) is 2. The van der Waals surface area contributed by atoms with Gasteiger partial charge in [-0.25, -0.2) is 4.79 Å². The Morgan fingerprint density at radius 3 is 3.00 bits per heavy atom. The van der Waals surface area contributed by atoms with Crippen LogP contribution < -0.4 is 11.4 Å². The molecule has 1 aliphatic heterocycles. The minimum atomic E-state index is -1.84. The fraction of sp³-hybridized carbons (Fsp3) is 0.750. The Bertz CT molecular complexity index is 585. The molecule has 142 valence electrons. The summed E-state index contributed by atoms with van der Waals surface area (Å²) >= 11 is 0. The number of hydrogen-bond acceptors (Lipinski definition) is 7. The van der Waals surface area contributed by atoms with E-state index in [-0.39, 0.29) is 29.6 Å². The van der Waals surface area contributed by atoms with Crippen LogP contribution in [0.1, 0.15) is 45.6 Å². The molecule has 8 nitrogen and oxygen atoms in total. The largest absolute Gasteiger partial charge is 0.383 e. The van der Waals surface area contributed by atoms with E-state index in [1.165, 1.54) is 0 Å². The van der Waals surface area contributed by atoms with Crippen LogP contribution in [0, 0.1) is 5.92 Å². The Labute approximate surface area is 149 Å². The molecule has 0 saturated carbocycles. The molecule has 3 unspecified atom stereocenters. The third kappa shape index (κ3) is 6.31. The highest BCUT2D eigenvalue weighted by molar-refractivity contribution is 7.40. The zero-order valence-electron chi connectivity index (χ0n) is 14.8. The van der Waals surface area contributed by atoms with Crippen molar-refractivity contribution in [2.75, 3.05) is 25.6 Å². The summed E-state index contributed by atoms with van der Waals surface area (Å²) in [4.78, 5) is 25.6. The van der Waals surface area contributed by atoms with Crippen molar-refractivity contribution >= 4 is 14.4 Å². The molecule has 1 aliphatic rings. The van der Waals surface area contributed by atoms with Gasteiger partial charge < -0.3 is 24.4 Å². The first kappa shape index (κ1) is 20.3. The Balaban J connectivity index is 1.86. The number of unbranched alkanes of at least 4 members (excludes halogenated alkanes) is 1. The predicted octanol–water partition coefficient (Wildman–Crippen LogP) is 2.23. The lowest BCUT2D eigenvalue weighted by Crippen LogP contribution is -2.33. The first-order valence-electron chi connectivity index (χ1n) is 8.72. The second-order valence-corrected chi connectivity index (χ2v) is 7.30. The fourth-order valence-electron chi connectivity index (χ4n) is 2.79. The molecule has 3 N–H and O–H groups in total. The van der Waals surface area contributed by atoms with Gasteiger partial charge in [0.2, 0.25) is 0 Å². The van der Waals surface area contributed by atoms with Gasteiger partial charge in [0.15, 0.2) is 0 Å². The molecule has 1 aromatic heterocycles. The van der Waals surface area contributed by atoms with Crippen molar-refractivity contribution in [2.45, 2.75) is 51.7 Å². The number of rotatable bonds is 8. The van der Waals surface area contributed by atoms with Gasteiger partial charge in [-0.3, -0.25) is 4.57 Å². The molecule has 1 aromatic rings. The van der Waals surface area contributed by atoms with Crippen LogP contribution in [0.15, 0.2) is 17.1 Å². The predicted molar refractivity (Wildman–Crippen MR) is 96.0 cm³/mol. The number of ether oxygens (including phenoxy) is 1. The molecule has 0 amide bonds. The topological polar surface area (TPSA) is 109 Å². The zero-order chi connectivity index (χ0) is 18.2. The quantitative estimate of drug-likeness (QED) is 0.531. The van der Waals surface area contributed by atoms with Gasteiger partial charge in [-0.2, -0.15) is 4.98 Å². The van der Waals surface area contributed by atoms with E-state index in [2.05, 4.69) is 11.9 Å². The van der Waals surface area contributed by atoms with Crippen LogP contribution in [-0.4, -0.2) is 40.4 Å². The van der Waals surface area contributed by atoms with Gasteiger partial charge in [0, 0.05) is 12.1 Å². The van der Waals surface area contributed by atoms with Crippen molar-refractivity contribution in [3.05, 3.63) is 22.7 Å². The van der Waals surface area contributed by atoms with E-state index >= 15 is 0 Å². The molecule has 4 atom stereocenters. The molecular formula is C16H28N3O5P. The first-order chi connectivity index (χ1) is 12.0. The van der Waals surface area contributed by atoms with Gasteiger partial charge in [-0.15, -0.1) is 0 Å². The van der Waals surface area contributed by atoms with Gasteiger partial charge in [0.05, 0.1) is 32.0 Å². The summed E-state index contributed by atoms with van der Waals surface area (Å²) in [6.45, 7) is 5.41. The summed E-state index contributed by atoms with van der Waals surface area (Å²) in [6, 6.07) is 1.52. The monoisotopic (exact) mass is 373 g/mol. The molecule has 0 radical (unpaired) electrons. The number of nitrogens with two attached hydrogens (primary N) is 1. The summed E-state index contributed by atoms with van der Waals surface area (Å²) in [5, 5.41) is 0. The Morgan fingerprint density at radius 1 is 1.48 bits per heavy atom. The van der Waals surface area contributed by atoms with Gasteiger partial charge >= 0.3 is 14.3 Å². The van der Waals surface area contributed by atoms with E-state index < -0.39 is 8.60 Å². The average molecular weight is 373 g/mol. The molecule has 2 heterocycles. The average Bonchev–Trinajstić information content (AvgIpc) is 2.75. The highest BCUT2D eigenvalue weighted by atomic mass is 31.2. The molecule has 1 fully saturated rings. The maximum atomic E-state index is 12.1. The summed E-state index contributed by atoms with van der Waals surface area (Å²) in [7, 11) is -1.84. The molecule has 1 saturated heterocycles. The van der Waals surface area contributed by atoms with Crippen molar-refractivity contribution in [1.82, 2.24) is 9.55 Å². The highest BCUT2D eigenvalue weighted by Gasteiger charge is 2.28. The van der Waals surface area contributed by atoms with E-state index in [0.717, 1.165) is 25.7 Å². The zero-order valence-corrected chi connectivity index (χ0v) is 15.7. The van der Waals surface area contributed by atoms with Crippen LogP contribution in [0.25, 0.3) is 0 Å². The van der Waals surface area contributed by atoms with Gasteiger partial charge in [0.25, 0.3) is 0 Å². The SMILES string of the molecule is CCCCOP(O)OCC1CCC(n2ccc(N)nc2=O)[C@H](C)OC1. The van der Waals surface area contributed by atoms with Crippen LogP contribution in [0.4, 0.5) is 5.82 Å². The lowest BCUT2D eigenvalue weighted by Gasteiger charge is -2.23. The molecule has 25 heavy (non-hydrogen) atoms. The Kier molecular flexibility index (Phi) is 8.26. The summed E-state index contributed by atoms with van der Waals surface area (Å²) in [5.74, 6) is 0.367. The molecule has 0 aromatic carbocycles. The van der Waals surface area contributed by atoms with Crippen molar-refractivity contribution < 1.29 is 18.7 Å². The standard InChI is InChI=1S/C16H28N3O5P/c1-3-4-9-23-25(21)24-11-13-5-6-14(12(2)22-10-13)19-8-7-15(17)18-16(19)20/h7-8,12-14,21H,3-6,9-11H2,1-2H3,(H2,17,18,20)/t12-,13?,14?,25?/m0/s1. The van der Waals surface area contributed by atoms with E-state index in [1.807, 2.05) is 6.92 Å². The van der Waals surface area contributed by atoms with E-state index in [4.69, 9.17) is 19.5 Å². The minimum Gasteiger partial charge on any atom is -0.383 e. The maximum Gasteiger partial charge on any atom is 0.349 e. The molecular weight excluding hydrogens is 345 g/mol. The minimum absolute atomic E-state index is 0.0953. The summed E-state index contributed by atoms with van der Waals surface area (Å²) in [6.07, 6.45) is 5.05. The summed E-state index contributed by atoms with van der Waals surface area (Å²) in [5.41, 5.74) is 5.19. The number of nitrogen functional groups attached to an aromatic ring is 1. The van der Waals surface area contributed by atoms with Crippen molar-refractivity contribution in [3.8, 4) is 0 Å². The molecule has 9 heteroatoms. The second kappa shape index (κ2) is 10.2. The highest BCUT2D eigenvalue weighted by Crippen LogP contribution is 2.35. The van der Waals surface area contributed by atoms with Crippen molar-refractivity contribution in [1.29, 1.82) is 0 Å². The molecule has 0 aliphatic carbocycles. The number of anilines is 1. The fourth-order valence-corrected chi connectivity index (χ4v) is 3.49. The first-order valence-corrected chi connectivity index (χ1v) is 9.85. The summed E-state index contributed by atoms with van der Waals surface area (Å²) < 4.78 is 18.1. The lowest BCUT2D eigenvalue weighted by molar-refractivity contribution is 0.0184. The maximum absolute atomic E-state index is 12.1. The van der Waals surface area contributed by atoms with Crippen LogP contribution in [0.3, 0.4) is 0 Å². The molecule has 2 rings (SSSR count). The smallest absolute Gasteiger partial charge is 0.349 e. The van der Waals surface area contributed by atoms with E-state index in [0.29, 0.717) is 19.8 Å². The van der Waals surface area contributed by atoms with E-state index in [1.54, 1.807) is 16.8 Å². The third-order valence-corrected chi connectivity index (χ3v) is 5.11. The van der Waals surface area contributed by atoms with Crippen molar-refractivity contribution in [3.63, 3.8) is 0 Å². The third-order valence-electron chi connectivity index (χ3n) is 4.34. The second-order valence-electron chi connectivity index (χ2n) is 6.31. The lowest BCUT2D eigenvalue weighted by atomic mass is 10.0. The number of aromatic nitrogens is 2. The van der Waals surface area contributed by atoms with E-state index in [9.17, 15) is 9.69 Å². The van der Waals surface area contributed by atoms with Crippen LogP contribution in [-0.2, 0) is 13.8 Å². The van der Waals surface area contributed by atoms with Crippen LogP contribution in [0.5, 0.6) is 0 Å². The van der Waals surface area contributed by atoms with Gasteiger partial charge in [0.1, 0.15) is 5.82 Å². The Hall–Kier alpha value is -1.05. The van der Waals surface area contributed by atoms with Gasteiger partial charge in [-0.05, 0) is 32.3 Å². The Morgan fingerprint density at radius 2 is 2.28 bits per heavy atom. The van der Waals surface area contributed by atoms with Crippen molar-refractivity contribution in [2.24, 2.45) is 5.92 Å².